The average Bonchev–Trinajstić information content (AvgIpc) is 2.40. The first-order valence-electron chi connectivity index (χ1n) is 6.18. The molecule has 1 aliphatic rings. The van der Waals surface area contributed by atoms with E-state index in [2.05, 4.69) is 11.8 Å². The third-order valence-corrected chi connectivity index (χ3v) is 3.53. The number of carbonyl (C=O) groups excluding carboxylic acids is 1. The van der Waals surface area contributed by atoms with Gasteiger partial charge in [0.2, 0.25) is 0 Å². The number of amides is 1. The molecule has 94 valence electrons. The van der Waals surface area contributed by atoms with Crippen molar-refractivity contribution in [3.05, 3.63) is 34.9 Å². The zero-order valence-electron chi connectivity index (χ0n) is 10.4. The van der Waals surface area contributed by atoms with Crippen LogP contribution < -0.4 is 0 Å². The van der Waals surface area contributed by atoms with Gasteiger partial charge in [-0.05, 0) is 43.4 Å². The van der Waals surface area contributed by atoms with Crippen LogP contribution in [0.1, 0.15) is 31.2 Å². The smallest absolute Gasteiger partial charge is 0.298 e. The molecule has 1 atom stereocenters. The molecule has 1 heterocycles. The Hall–Kier alpha value is -1.46. The highest BCUT2D eigenvalue weighted by Gasteiger charge is 2.23. The molecule has 18 heavy (non-hydrogen) atoms. The van der Waals surface area contributed by atoms with Crippen molar-refractivity contribution in [1.82, 2.24) is 4.90 Å². The number of nitrogens with zero attached hydrogens (tertiary/aromatic N) is 1. The summed E-state index contributed by atoms with van der Waals surface area (Å²) in [6.45, 7) is 3.27. The fraction of sp³-hybridized carbons (Fsp3) is 0.400. The number of rotatable bonds is 1. The Morgan fingerprint density at radius 3 is 2.78 bits per heavy atom. The van der Waals surface area contributed by atoms with Crippen LogP contribution in [0.3, 0.4) is 0 Å². The molecule has 2 nitrogen and oxygen atoms in total. The lowest BCUT2D eigenvalue weighted by atomic mass is 9.90. The summed E-state index contributed by atoms with van der Waals surface area (Å²) in [6, 6.07) is 7.91. The van der Waals surface area contributed by atoms with E-state index in [0.717, 1.165) is 31.0 Å². The summed E-state index contributed by atoms with van der Waals surface area (Å²) < 4.78 is 0. The number of hydrogen-bond donors (Lipinski definition) is 0. The van der Waals surface area contributed by atoms with E-state index in [-0.39, 0.29) is 5.91 Å². The van der Waals surface area contributed by atoms with Gasteiger partial charge in [-0.3, -0.25) is 4.79 Å². The topological polar surface area (TPSA) is 20.3 Å². The molecule has 1 fully saturated rings. The second-order valence-electron chi connectivity index (χ2n) is 4.52. The standard InChI is InChI=1S/C15H16ClNO/c1-2-4-15(18)17-10-3-5-13(11-17)12-6-8-14(16)9-7-12/h6-9,13H,3,5,10-11H2,1H3. The molecule has 0 aliphatic carbocycles. The van der Waals surface area contributed by atoms with Crippen LogP contribution in [-0.4, -0.2) is 23.9 Å². The van der Waals surface area contributed by atoms with Gasteiger partial charge in [0.05, 0.1) is 0 Å². The van der Waals surface area contributed by atoms with Crippen molar-refractivity contribution in [2.24, 2.45) is 0 Å². The van der Waals surface area contributed by atoms with Gasteiger partial charge in [-0.15, -0.1) is 0 Å². The molecule has 0 aromatic heterocycles. The molecular formula is C15H16ClNO. The predicted octanol–water partition coefficient (Wildman–Crippen LogP) is 3.07. The van der Waals surface area contributed by atoms with E-state index in [1.807, 2.05) is 29.2 Å². The van der Waals surface area contributed by atoms with E-state index in [4.69, 9.17) is 11.6 Å². The summed E-state index contributed by atoms with van der Waals surface area (Å²) >= 11 is 5.89. The number of piperidine rings is 1. The highest BCUT2D eigenvalue weighted by atomic mass is 35.5. The zero-order valence-corrected chi connectivity index (χ0v) is 11.2. The molecule has 1 saturated heterocycles. The summed E-state index contributed by atoms with van der Waals surface area (Å²) in [5.41, 5.74) is 1.25. The maximum Gasteiger partial charge on any atom is 0.298 e. The van der Waals surface area contributed by atoms with E-state index >= 15 is 0 Å². The maximum absolute atomic E-state index is 11.8. The predicted molar refractivity (Wildman–Crippen MR) is 73.5 cm³/mol. The monoisotopic (exact) mass is 261 g/mol. The van der Waals surface area contributed by atoms with Crippen LogP contribution in [0.25, 0.3) is 0 Å². The molecule has 0 saturated carbocycles. The molecule has 3 heteroatoms. The van der Waals surface area contributed by atoms with Gasteiger partial charge < -0.3 is 4.90 Å². The number of carbonyl (C=O) groups is 1. The largest absolute Gasteiger partial charge is 0.331 e. The minimum atomic E-state index is -0.0591. The molecule has 1 unspecified atom stereocenters. The third kappa shape index (κ3) is 3.05. The van der Waals surface area contributed by atoms with Crippen LogP contribution in [-0.2, 0) is 4.79 Å². The van der Waals surface area contributed by atoms with Crippen molar-refractivity contribution in [2.45, 2.75) is 25.7 Å². The van der Waals surface area contributed by atoms with Crippen molar-refractivity contribution < 1.29 is 4.79 Å². The highest BCUT2D eigenvalue weighted by Crippen LogP contribution is 2.27. The summed E-state index contributed by atoms with van der Waals surface area (Å²) in [5, 5.41) is 0.749. The molecule has 0 radical (unpaired) electrons. The molecule has 2 rings (SSSR count). The van der Waals surface area contributed by atoms with Crippen molar-refractivity contribution in [1.29, 1.82) is 0 Å². The van der Waals surface area contributed by atoms with Crippen LogP contribution >= 0.6 is 11.6 Å². The Balaban J connectivity index is 2.08. The van der Waals surface area contributed by atoms with E-state index in [0.29, 0.717) is 5.92 Å². The molecule has 0 N–H and O–H groups in total. The van der Waals surface area contributed by atoms with Crippen LogP contribution in [0, 0.1) is 11.8 Å². The van der Waals surface area contributed by atoms with Gasteiger partial charge in [0, 0.05) is 24.0 Å². The van der Waals surface area contributed by atoms with Gasteiger partial charge in [0.1, 0.15) is 0 Å². The minimum Gasteiger partial charge on any atom is -0.331 e. The van der Waals surface area contributed by atoms with E-state index in [1.54, 1.807) is 6.92 Å². The Morgan fingerprint density at radius 2 is 2.11 bits per heavy atom. The summed E-state index contributed by atoms with van der Waals surface area (Å²) in [4.78, 5) is 13.6. The Kier molecular flexibility index (Phi) is 4.28. The molecular weight excluding hydrogens is 246 g/mol. The maximum atomic E-state index is 11.8. The van der Waals surface area contributed by atoms with Gasteiger partial charge in [0.25, 0.3) is 5.91 Å². The second kappa shape index (κ2) is 5.93. The van der Waals surface area contributed by atoms with Crippen LogP contribution in [0.4, 0.5) is 0 Å². The van der Waals surface area contributed by atoms with E-state index < -0.39 is 0 Å². The summed E-state index contributed by atoms with van der Waals surface area (Å²) in [7, 11) is 0. The average molecular weight is 262 g/mol. The van der Waals surface area contributed by atoms with E-state index in [1.165, 1.54) is 5.56 Å². The van der Waals surface area contributed by atoms with Crippen molar-refractivity contribution in [2.75, 3.05) is 13.1 Å². The van der Waals surface area contributed by atoms with Gasteiger partial charge in [-0.2, -0.15) is 0 Å². The first-order valence-corrected chi connectivity index (χ1v) is 6.55. The van der Waals surface area contributed by atoms with Crippen LogP contribution in [0.15, 0.2) is 24.3 Å². The SMILES string of the molecule is CC#CC(=O)N1CCCC(c2ccc(Cl)cc2)C1. The lowest BCUT2D eigenvalue weighted by molar-refractivity contribution is -0.126. The molecule has 1 aromatic rings. The molecule has 0 bridgehead atoms. The van der Waals surface area contributed by atoms with Crippen molar-refractivity contribution in [3.8, 4) is 11.8 Å². The van der Waals surface area contributed by atoms with Crippen LogP contribution in [0.5, 0.6) is 0 Å². The van der Waals surface area contributed by atoms with Gasteiger partial charge in [-0.1, -0.05) is 29.7 Å². The Labute approximate surface area is 113 Å². The molecule has 1 aromatic carbocycles. The summed E-state index contributed by atoms with van der Waals surface area (Å²) in [6.07, 6.45) is 2.15. The lowest BCUT2D eigenvalue weighted by Crippen LogP contribution is -2.38. The van der Waals surface area contributed by atoms with Crippen molar-refractivity contribution >= 4 is 17.5 Å². The fourth-order valence-electron chi connectivity index (χ4n) is 2.35. The quantitative estimate of drug-likeness (QED) is 0.712. The van der Waals surface area contributed by atoms with Gasteiger partial charge in [-0.25, -0.2) is 0 Å². The third-order valence-electron chi connectivity index (χ3n) is 3.28. The van der Waals surface area contributed by atoms with Crippen LogP contribution in [0.2, 0.25) is 5.02 Å². The lowest BCUT2D eigenvalue weighted by Gasteiger charge is -2.31. The second-order valence-corrected chi connectivity index (χ2v) is 4.95. The Bertz CT molecular complexity index is 483. The van der Waals surface area contributed by atoms with Crippen molar-refractivity contribution in [3.63, 3.8) is 0 Å². The molecule has 0 spiro atoms. The Morgan fingerprint density at radius 1 is 1.39 bits per heavy atom. The summed E-state index contributed by atoms with van der Waals surface area (Å²) in [5.74, 6) is 5.62. The van der Waals surface area contributed by atoms with Gasteiger partial charge in [0.15, 0.2) is 0 Å². The number of halogens is 1. The molecule has 1 aliphatic heterocycles. The molecule has 1 amide bonds. The normalized spacial score (nSPS) is 19.0. The number of likely N-dealkylation sites (tertiary alicyclic amines) is 1. The number of benzene rings is 1. The number of hydrogen-bond acceptors (Lipinski definition) is 1. The first kappa shape index (κ1) is 13.0. The minimum absolute atomic E-state index is 0.0591. The fourth-order valence-corrected chi connectivity index (χ4v) is 2.48. The van der Waals surface area contributed by atoms with Gasteiger partial charge >= 0.3 is 0 Å². The van der Waals surface area contributed by atoms with E-state index in [9.17, 15) is 4.79 Å². The zero-order chi connectivity index (χ0) is 13.0. The highest BCUT2D eigenvalue weighted by molar-refractivity contribution is 6.30. The first-order chi connectivity index (χ1) is 8.70.